The zero-order chi connectivity index (χ0) is 21.9. The summed E-state index contributed by atoms with van der Waals surface area (Å²) in [4.78, 5) is 26.3. The maximum Gasteiger partial charge on any atom is 0.254 e. The van der Waals surface area contributed by atoms with Crippen LogP contribution < -0.4 is 19.1 Å². The number of amides is 1. The van der Waals surface area contributed by atoms with Gasteiger partial charge in [0.05, 0.1) is 7.11 Å². The largest absolute Gasteiger partial charge is 0.493 e. The van der Waals surface area contributed by atoms with Gasteiger partial charge in [0, 0.05) is 43.5 Å². The molecule has 2 aliphatic rings. The quantitative estimate of drug-likeness (QED) is 0.627. The Kier molecular flexibility index (Phi) is 5.49. The van der Waals surface area contributed by atoms with E-state index in [2.05, 4.69) is 9.88 Å². The van der Waals surface area contributed by atoms with E-state index in [0.717, 1.165) is 11.4 Å². The molecule has 0 atom stereocenters. The molecular weight excluding hydrogens is 408 g/mol. The summed E-state index contributed by atoms with van der Waals surface area (Å²) in [6.07, 6.45) is 1.78. The molecule has 0 unspecified atom stereocenters. The predicted octanol–water partition coefficient (Wildman–Crippen LogP) is 2.89. The molecule has 8 heteroatoms. The van der Waals surface area contributed by atoms with Crippen molar-refractivity contribution in [2.24, 2.45) is 0 Å². The molecule has 2 aromatic carbocycles. The van der Waals surface area contributed by atoms with Gasteiger partial charge < -0.3 is 24.0 Å². The van der Waals surface area contributed by atoms with E-state index in [4.69, 9.17) is 19.2 Å². The normalized spacial score (nSPS) is 15.4. The van der Waals surface area contributed by atoms with E-state index < -0.39 is 0 Å². The van der Waals surface area contributed by atoms with Crippen LogP contribution in [0.4, 0.5) is 5.82 Å². The first-order valence-corrected chi connectivity index (χ1v) is 10.6. The minimum Gasteiger partial charge on any atom is -0.493 e. The molecule has 0 spiro atoms. The van der Waals surface area contributed by atoms with Gasteiger partial charge in [-0.05, 0) is 18.2 Å². The SMILES string of the molecule is COc1cc(C(=O)N2CCN(c3ccnc(-c4ccccc4)n3)CC2)cc2c1OCCO2. The minimum absolute atomic E-state index is 0.0485. The van der Waals surface area contributed by atoms with Crippen LogP contribution in [-0.2, 0) is 0 Å². The van der Waals surface area contributed by atoms with E-state index in [0.29, 0.717) is 68.0 Å². The van der Waals surface area contributed by atoms with Crippen molar-refractivity contribution in [1.82, 2.24) is 14.9 Å². The van der Waals surface area contributed by atoms with Gasteiger partial charge in [-0.3, -0.25) is 4.79 Å². The van der Waals surface area contributed by atoms with Crippen LogP contribution in [-0.4, -0.2) is 67.3 Å². The molecule has 0 bridgehead atoms. The maximum atomic E-state index is 13.2. The van der Waals surface area contributed by atoms with E-state index in [1.807, 2.05) is 41.3 Å². The van der Waals surface area contributed by atoms with Crippen LogP contribution in [0.2, 0.25) is 0 Å². The summed E-state index contributed by atoms with van der Waals surface area (Å²) in [5.74, 6) is 3.13. The van der Waals surface area contributed by atoms with Crippen molar-refractivity contribution < 1.29 is 19.0 Å². The Morgan fingerprint density at radius 2 is 1.78 bits per heavy atom. The number of ether oxygens (including phenoxy) is 3. The molecule has 0 saturated carbocycles. The summed E-state index contributed by atoms with van der Waals surface area (Å²) in [6, 6.07) is 15.3. The number of carbonyl (C=O) groups excluding carboxylic acids is 1. The van der Waals surface area contributed by atoms with E-state index in [-0.39, 0.29) is 5.91 Å². The predicted molar refractivity (Wildman–Crippen MR) is 120 cm³/mol. The van der Waals surface area contributed by atoms with E-state index >= 15 is 0 Å². The fraction of sp³-hybridized carbons (Fsp3) is 0.292. The lowest BCUT2D eigenvalue weighted by Crippen LogP contribution is -2.49. The zero-order valence-corrected chi connectivity index (χ0v) is 17.9. The summed E-state index contributed by atoms with van der Waals surface area (Å²) in [5, 5.41) is 0. The summed E-state index contributed by atoms with van der Waals surface area (Å²) in [7, 11) is 1.56. The summed E-state index contributed by atoms with van der Waals surface area (Å²) in [5.41, 5.74) is 1.52. The van der Waals surface area contributed by atoms with Crippen molar-refractivity contribution in [3.63, 3.8) is 0 Å². The van der Waals surface area contributed by atoms with Crippen molar-refractivity contribution in [1.29, 1.82) is 0 Å². The summed E-state index contributed by atoms with van der Waals surface area (Å²) < 4.78 is 16.7. The summed E-state index contributed by atoms with van der Waals surface area (Å²) >= 11 is 0. The highest BCUT2D eigenvalue weighted by atomic mass is 16.6. The number of rotatable bonds is 4. The van der Waals surface area contributed by atoms with Gasteiger partial charge in [0.1, 0.15) is 19.0 Å². The molecule has 164 valence electrons. The Balaban J connectivity index is 1.29. The highest BCUT2D eigenvalue weighted by Gasteiger charge is 2.26. The molecule has 0 radical (unpaired) electrons. The lowest BCUT2D eigenvalue weighted by atomic mass is 10.1. The van der Waals surface area contributed by atoms with Gasteiger partial charge in [-0.2, -0.15) is 0 Å². The molecule has 3 aromatic rings. The van der Waals surface area contributed by atoms with Crippen LogP contribution >= 0.6 is 0 Å². The second-order valence-electron chi connectivity index (χ2n) is 7.59. The van der Waals surface area contributed by atoms with Crippen molar-refractivity contribution in [3.05, 3.63) is 60.3 Å². The molecule has 3 heterocycles. The lowest BCUT2D eigenvalue weighted by molar-refractivity contribution is 0.0744. The van der Waals surface area contributed by atoms with Gasteiger partial charge in [0.25, 0.3) is 5.91 Å². The fourth-order valence-electron chi connectivity index (χ4n) is 3.97. The Morgan fingerprint density at radius 3 is 2.56 bits per heavy atom. The van der Waals surface area contributed by atoms with Gasteiger partial charge in [-0.15, -0.1) is 0 Å². The van der Waals surface area contributed by atoms with Crippen LogP contribution in [0.5, 0.6) is 17.2 Å². The number of methoxy groups -OCH3 is 1. The van der Waals surface area contributed by atoms with E-state index in [1.54, 1.807) is 25.4 Å². The Morgan fingerprint density at radius 1 is 1.00 bits per heavy atom. The molecule has 32 heavy (non-hydrogen) atoms. The Labute approximate surface area is 186 Å². The van der Waals surface area contributed by atoms with Crippen molar-refractivity contribution in [3.8, 4) is 28.6 Å². The molecular formula is C24H24N4O4. The molecule has 5 rings (SSSR count). The van der Waals surface area contributed by atoms with E-state index in [9.17, 15) is 4.79 Å². The van der Waals surface area contributed by atoms with Crippen molar-refractivity contribution in [2.45, 2.75) is 0 Å². The number of aromatic nitrogens is 2. The topological polar surface area (TPSA) is 77.0 Å². The standard InChI is InChI=1S/C24H24N4O4/c1-30-19-15-18(16-20-22(19)32-14-13-31-20)24(29)28-11-9-27(10-12-28)21-7-8-25-23(26-21)17-5-3-2-4-6-17/h2-8,15-16H,9-14H2,1H3. The van der Waals surface area contributed by atoms with Gasteiger partial charge in [0.15, 0.2) is 17.3 Å². The van der Waals surface area contributed by atoms with Crippen molar-refractivity contribution >= 4 is 11.7 Å². The number of hydrogen-bond donors (Lipinski definition) is 0. The number of hydrogen-bond acceptors (Lipinski definition) is 7. The smallest absolute Gasteiger partial charge is 0.254 e. The van der Waals surface area contributed by atoms with Gasteiger partial charge in [0.2, 0.25) is 5.75 Å². The molecule has 1 saturated heterocycles. The average Bonchev–Trinajstić information content (AvgIpc) is 2.88. The van der Waals surface area contributed by atoms with Crippen LogP contribution in [0, 0.1) is 0 Å². The van der Waals surface area contributed by atoms with E-state index in [1.165, 1.54) is 0 Å². The average molecular weight is 432 g/mol. The zero-order valence-electron chi connectivity index (χ0n) is 17.9. The molecule has 8 nitrogen and oxygen atoms in total. The van der Waals surface area contributed by atoms with Gasteiger partial charge in [-0.1, -0.05) is 30.3 Å². The second-order valence-corrected chi connectivity index (χ2v) is 7.59. The van der Waals surface area contributed by atoms with Crippen LogP contribution in [0.25, 0.3) is 11.4 Å². The maximum absolute atomic E-state index is 13.2. The fourth-order valence-corrected chi connectivity index (χ4v) is 3.97. The summed E-state index contributed by atoms with van der Waals surface area (Å²) in [6.45, 7) is 3.50. The Hall–Kier alpha value is -3.81. The first-order chi connectivity index (χ1) is 15.7. The van der Waals surface area contributed by atoms with Crippen LogP contribution in [0.1, 0.15) is 10.4 Å². The van der Waals surface area contributed by atoms with Crippen molar-refractivity contribution in [2.75, 3.05) is 51.4 Å². The van der Waals surface area contributed by atoms with Gasteiger partial charge in [-0.25, -0.2) is 9.97 Å². The minimum atomic E-state index is -0.0485. The number of benzene rings is 2. The molecule has 1 fully saturated rings. The molecule has 0 N–H and O–H groups in total. The number of nitrogens with zero attached hydrogens (tertiary/aromatic N) is 4. The monoisotopic (exact) mass is 432 g/mol. The highest BCUT2D eigenvalue weighted by molar-refractivity contribution is 5.96. The molecule has 1 aromatic heterocycles. The van der Waals surface area contributed by atoms with Crippen LogP contribution in [0.15, 0.2) is 54.7 Å². The Bertz CT molecular complexity index is 1100. The highest BCUT2D eigenvalue weighted by Crippen LogP contribution is 2.40. The number of fused-ring (bicyclic) bond motifs is 1. The third kappa shape index (κ3) is 3.91. The number of carbonyl (C=O) groups is 1. The molecule has 0 aliphatic carbocycles. The lowest BCUT2D eigenvalue weighted by Gasteiger charge is -2.35. The van der Waals surface area contributed by atoms with Crippen LogP contribution in [0.3, 0.4) is 0 Å². The first-order valence-electron chi connectivity index (χ1n) is 10.6. The second kappa shape index (κ2) is 8.74. The number of piperazine rings is 1. The third-order valence-electron chi connectivity index (χ3n) is 5.64. The molecule has 2 aliphatic heterocycles. The molecule has 1 amide bonds. The number of anilines is 1. The third-order valence-corrected chi connectivity index (χ3v) is 5.64. The first kappa shape index (κ1) is 20.1. The van der Waals surface area contributed by atoms with Gasteiger partial charge >= 0.3 is 0 Å².